The van der Waals surface area contributed by atoms with Gasteiger partial charge in [-0.3, -0.25) is 4.79 Å². The van der Waals surface area contributed by atoms with E-state index in [1.807, 2.05) is 36.4 Å². The summed E-state index contributed by atoms with van der Waals surface area (Å²) in [5, 5.41) is 2.89. The molecule has 1 N–H and O–H groups in total. The molecule has 4 rings (SSSR count). The molecular weight excluding hydrogens is 408 g/mol. The van der Waals surface area contributed by atoms with Crippen LogP contribution in [0.5, 0.6) is 17.2 Å². The van der Waals surface area contributed by atoms with Crippen LogP contribution in [0.1, 0.15) is 13.8 Å². The van der Waals surface area contributed by atoms with Crippen molar-refractivity contribution in [3.8, 4) is 28.7 Å². The van der Waals surface area contributed by atoms with Crippen LogP contribution in [-0.4, -0.2) is 30.7 Å². The molecule has 0 saturated carbocycles. The van der Waals surface area contributed by atoms with Crippen LogP contribution in [-0.2, 0) is 4.79 Å². The van der Waals surface area contributed by atoms with Gasteiger partial charge in [0.2, 0.25) is 5.89 Å². The summed E-state index contributed by atoms with van der Waals surface area (Å²) in [6, 6.07) is 20.0. The van der Waals surface area contributed by atoms with Gasteiger partial charge in [-0.05, 0) is 62.4 Å². The third kappa shape index (κ3) is 4.37. The number of ether oxygens (including phenoxy) is 3. The van der Waals surface area contributed by atoms with E-state index in [0.717, 1.165) is 5.56 Å². The number of methoxy groups -OCH3 is 2. The van der Waals surface area contributed by atoms with Crippen molar-refractivity contribution < 1.29 is 23.4 Å². The number of oxazole rings is 1. The highest BCUT2D eigenvalue weighted by Gasteiger charge is 2.30. The molecule has 0 radical (unpaired) electrons. The van der Waals surface area contributed by atoms with E-state index in [0.29, 0.717) is 39.9 Å². The van der Waals surface area contributed by atoms with Crippen LogP contribution < -0.4 is 19.5 Å². The van der Waals surface area contributed by atoms with E-state index in [-0.39, 0.29) is 5.91 Å². The highest BCUT2D eigenvalue weighted by Crippen LogP contribution is 2.33. The average molecular weight is 432 g/mol. The van der Waals surface area contributed by atoms with Gasteiger partial charge in [-0.25, -0.2) is 4.98 Å². The van der Waals surface area contributed by atoms with Gasteiger partial charge in [-0.1, -0.05) is 18.2 Å². The van der Waals surface area contributed by atoms with Crippen LogP contribution >= 0.6 is 0 Å². The number of para-hydroxylation sites is 1. The van der Waals surface area contributed by atoms with Gasteiger partial charge in [0.1, 0.15) is 11.3 Å². The number of nitrogens with one attached hydrogen (secondary N) is 1. The largest absolute Gasteiger partial charge is 0.493 e. The van der Waals surface area contributed by atoms with E-state index >= 15 is 0 Å². The molecule has 0 bridgehead atoms. The van der Waals surface area contributed by atoms with Crippen molar-refractivity contribution in [2.24, 2.45) is 0 Å². The lowest BCUT2D eigenvalue weighted by atomic mass is 10.1. The zero-order valence-corrected chi connectivity index (χ0v) is 18.3. The van der Waals surface area contributed by atoms with Crippen molar-refractivity contribution >= 4 is 22.7 Å². The number of hydrogen-bond acceptors (Lipinski definition) is 6. The first-order valence-electron chi connectivity index (χ1n) is 10.1. The Morgan fingerprint density at radius 1 is 0.938 bits per heavy atom. The SMILES string of the molecule is COc1ccc(-c2nc3cc(NC(=O)C(C)(C)Oc4ccccc4)ccc3o2)cc1OC. The Hall–Kier alpha value is -4.00. The molecule has 7 nitrogen and oxygen atoms in total. The summed E-state index contributed by atoms with van der Waals surface area (Å²) < 4.78 is 22.4. The maximum absolute atomic E-state index is 12.8. The summed E-state index contributed by atoms with van der Waals surface area (Å²) in [6.07, 6.45) is 0. The normalized spacial score (nSPS) is 11.2. The number of anilines is 1. The average Bonchev–Trinajstić information content (AvgIpc) is 3.22. The molecule has 1 amide bonds. The minimum Gasteiger partial charge on any atom is -0.493 e. The Balaban J connectivity index is 1.55. The fourth-order valence-electron chi connectivity index (χ4n) is 3.21. The van der Waals surface area contributed by atoms with Gasteiger partial charge in [0.05, 0.1) is 14.2 Å². The first kappa shape index (κ1) is 21.2. The number of nitrogens with zero attached hydrogens (tertiary/aromatic N) is 1. The monoisotopic (exact) mass is 432 g/mol. The van der Waals surface area contributed by atoms with E-state index in [2.05, 4.69) is 10.3 Å². The molecular formula is C25H24N2O5. The molecule has 1 heterocycles. The number of amides is 1. The van der Waals surface area contributed by atoms with Crippen molar-refractivity contribution in [2.75, 3.05) is 19.5 Å². The Morgan fingerprint density at radius 2 is 1.69 bits per heavy atom. The zero-order valence-electron chi connectivity index (χ0n) is 18.3. The molecule has 164 valence electrons. The quantitative estimate of drug-likeness (QED) is 0.426. The Bertz CT molecular complexity index is 1250. The number of carbonyl (C=O) groups is 1. The number of fused-ring (bicyclic) bond motifs is 1. The van der Waals surface area contributed by atoms with Crippen LogP contribution in [0, 0.1) is 0 Å². The second kappa shape index (κ2) is 8.63. The standard InChI is InChI=1S/C25H24N2O5/c1-25(2,32-18-8-6-5-7-9-18)24(28)26-17-11-13-20-19(15-17)27-23(31-20)16-10-12-21(29-3)22(14-16)30-4/h5-15H,1-4H3,(H,26,28). The molecule has 0 atom stereocenters. The molecule has 4 aromatic rings. The third-order valence-corrected chi connectivity index (χ3v) is 4.94. The maximum Gasteiger partial charge on any atom is 0.267 e. The number of aromatic nitrogens is 1. The van der Waals surface area contributed by atoms with E-state index in [9.17, 15) is 4.79 Å². The Kier molecular flexibility index (Phi) is 5.73. The zero-order chi connectivity index (χ0) is 22.7. The highest BCUT2D eigenvalue weighted by molar-refractivity contribution is 5.98. The predicted molar refractivity (Wildman–Crippen MR) is 122 cm³/mol. The molecule has 0 unspecified atom stereocenters. The fraction of sp³-hybridized carbons (Fsp3) is 0.200. The lowest BCUT2D eigenvalue weighted by Crippen LogP contribution is -2.42. The molecule has 7 heteroatoms. The molecule has 3 aromatic carbocycles. The smallest absolute Gasteiger partial charge is 0.267 e. The van der Waals surface area contributed by atoms with E-state index < -0.39 is 5.60 Å². The van der Waals surface area contributed by atoms with E-state index in [4.69, 9.17) is 18.6 Å². The molecule has 0 spiro atoms. The van der Waals surface area contributed by atoms with Crippen molar-refractivity contribution in [3.63, 3.8) is 0 Å². The van der Waals surface area contributed by atoms with Gasteiger partial charge in [0.25, 0.3) is 5.91 Å². The van der Waals surface area contributed by atoms with Gasteiger partial charge >= 0.3 is 0 Å². The molecule has 0 aliphatic carbocycles. The molecule has 0 saturated heterocycles. The van der Waals surface area contributed by atoms with Crippen molar-refractivity contribution in [1.29, 1.82) is 0 Å². The third-order valence-electron chi connectivity index (χ3n) is 4.94. The number of benzene rings is 3. The summed E-state index contributed by atoms with van der Waals surface area (Å²) >= 11 is 0. The van der Waals surface area contributed by atoms with E-state index in [1.54, 1.807) is 58.4 Å². The molecule has 1 aromatic heterocycles. The van der Waals surface area contributed by atoms with Gasteiger partial charge < -0.3 is 23.9 Å². The van der Waals surface area contributed by atoms with Crippen LogP contribution in [0.4, 0.5) is 5.69 Å². The minimum atomic E-state index is -1.06. The summed E-state index contributed by atoms with van der Waals surface area (Å²) in [6.45, 7) is 3.44. The fourth-order valence-corrected chi connectivity index (χ4v) is 3.21. The molecule has 0 fully saturated rings. The molecule has 0 aliphatic rings. The summed E-state index contributed by atoms with van der Waals surface area (Å²) in [5.74, 6) is 2.00. The summed E-state index contributed by atoms with van der Waals surface area (Å²) in [7, 11) is 3.16. The summed E-state index contributed by atoms with van der Waals surface area (Å²) in [5.41, 5.74) is 1.51. The van der Waals surface area contributed by atoms with Crippen LogP contribution in [0.2, 0.25) is 0 Å². The van der Waals surface area contributed by atoms with E-state index in [1.165, 1.54) is 0 Å². The van der Waals surface area contributed by atoms with Gasteiger partial charge in [0.15, 0.2) is 22.7 Å². The topological polar surface area (TPSA) is 82.8 Å². The number of rotatable bonds is 7. The van der Waals surface area contributed by atoms with Crippen molar-refractivity contribution in [1.82, 2.24) is 4.98 Å². The predicted octanol–water partition coefficient (Wildman–Crippen LogP) is 5.31. The van der Waals surface area contributed by atoms with Crippen molar-refractivity contribution in [3.05, 3.63) is 66.7 Å². The Morgan fingerprint density at radius 3 is 2.41 bits per heavy atom. The minimum absolute atomic E-state index is 0.274. The van der Waals surface area contributed by atoms with Gasteiger partial charge in [-0.15, -0.1) is 0 Å². The Labute approximate surface area is 185 Å². The molecule has 0 aliphatic heterocycles. The first-order chi connectivity index (χ1) is 15.4. The molecule has 32 heavy (non-hydrogen) atoms. The lowest BCUT2D eigenvalue weighted by molar-refractivity contribution is -0.128. The van der Waals surface area contributed by atoms with Gasteiger partial charge in [0, 0.05) is 11.3 Å². The second-order valence-electron chi connectivity index (χ2n) is 7.65. The first-order valence-corrected chi connectivity index (χ1v) is 10.1. The summed E-state index contributed by atoms with van der Waals surface area (Å²) in [4.78, 5) is 17.4. The van der Waals surface area contributed by atoms with Gasteiger partial charge in [-0.2, -0.15) is 0 Å². The van der Waals surface area contributed by atoms with Crippen molar-refractivity contribution in [2.45, 2.75) is 19.4 Å². The van der Waals surface area contributed by atoms with Crippen LogP contribution in [0.25, 0.3) is 22.6 Å². The maximum atomic E-state index is 12.8. The second-order valence-corrected chi connectivity index (χ2v) is 7.65. The highest BCUT2D eigenvalue weighted by atomic mass is 16.5. The van der Waals surface area contributed by atoms with Crippen LogP contribution in [0.3, 0.4) is 0 Å². The van der Waals surface area contributed by atoms with Crippen LogP contribution in [0.15, 0.2) is 71.1 Å². The number of hydrogen-bond donors (Lipinski definition) is 1. The number of carbonyl (C=O) groups excluding carboxylic acids is 1. The lowest BCUT2D eigenvalue weighted by Gasteiger charge is -2.25.